The molecule has 4 nitrogen and oxygen atoms in total. The number of hydrogen-bond donors (Lipinski definition) is 3. The number of aliphatic hydroxyl groups is 1. The summed E-state index contributed by atoms with van der Waals surface area (Å²) in [4.78, 5) is 11.5. The Hall–Kier alpha value is -1.39. The van der Waals surface area contributed by atoms with Crippen LogP contribution in [0.15, 0.2) is 24.3 Å². The number of benzene rings is 1. The minimum absolute atomic E-state index is 0.0533. The van der Waals surface area contributed by atoms with E-state index in [1.807, 2.05) is 31.2 Å². The predicted octanol–water partition coefficient (Wildman–Crippen LogP) is 0.274. The van der Waals surface area contributed by atoms with Gasteiger partial charge >= 0.3 is 0 Å². The van der Waals surface area contributed by atoms with Gasteiger partial charge in [-0.2, -0.15) is 5.43 Å². The maximum atomic E-state index is 11.5. The summed E-state index contributed by atoms with van der Waals surface area (Å²) in [5.41, 5.74) is 6.19. The van der Waals surface area contributed by atoms with Crippen LogP contribution >= 0.6 is 0 Å². The lowest BCUT2D eigenvalue weighted by atomic mass is 9.83. The zero-order valence-electron chi connectivity index (χ0n) is 9.03. The quantitative estimate of drug-likeness (QED) is 0.586. The smallest absolute Gasteiger partial charge is 0.237 e. The highest BCUT2D eigenvalue weighted by Crippen LogP contribution is 2.44. The average molecular weight is 218 g/mol. The van der Waals surface area contributed by atoms with Crippen LogP contribution in [0.3, 0.4) is 0 Å². The Bertz CT molecular complexity index is 460. The molecule has 2 aliphatic rings. The van der Waals surface area contributed by atoms with Crippen molar-refractivity contribution in [3.05, 3.63) is 35.4 Å². The van der Waals surface area contributed by atoms with Gasteiger partial charge in [0.1, 0.15) is 0 Å². The van der Waals surface area contributed by atoms with Crippen LogP contribution in [0.1, 0.15) is 18.1 Å². The Kier molecular flexibility index (Phi) is 1.87. The van der Waals surface area contributed by atoms with E-state index in [1.54, 1.807) is 0 Å². The zero-order chi connectivity index (χ0) is 11.3. The van der Waals surface area contributed by atoms with Gasteiger partial charge in [0.2, 0.25) is 5.91 Å². The van der Waals surface area contributed by atoms with Crippen molar-refractivity contribution in [1.29, 1.82) is 0 Å². The molecule has 1 aliphatic heterocycles. The molecular weight excluding hydrogens is 204 g/mol. The Morgan fingerprint density at radius 2 is 2.19 bits per heavy atom. The number of carbonyl (C=O) groups excluding carboxylic acids is 1. The molecule has 0 bridgehead atoms. The van der Waals surface area contributed by atoms with E-state index in [9.17, 15) is 9.90 Å². The molecule has 16 heavy (non-hydrogen) atoms. The van der Waals surface area contributed by atoms with E-state index in [2.05, 4.69) is 10.9 Å². The number of fused-ring (bicyclic) bond motifs is 3. The van der Waals surface area contributed by atoms with Crippen LogP contribution in [-0.2, 0) is 16.9 Å². The number of hydrazine groups is 1. The predicted molar refractivity (Wildman–Crippen MR) is 58.0 cm³/mol. The molecule has 3 rings (SSSR count). The van der Waals surface area contributed by atoms with Crippen molar-refractivity contribution in [2.75, 3.05) is 0 Å². The fourth-order valence-corrected chi connectivity index (χ4v) is 2.81. The van der Waals surface area contributed by atoms with Gasteiger partial charge < -0.3 is 5.11 Å². The first-order chi connectivity index (χ1) is 7.63. The van der Waals surface area contributed by atoms with Gasteiger partial charge in [-0.15, -0.1) is 0 Å². The second-order valence-corrected chi connectivity index (χ2v) is 4.64. The van der Waals surface area contributed by atoms with E-state index in [0.717, 1.165) is 17.5 Å². The SMILES string of the molecule is CC1C(=O)NNC2(O)c3ccccc3CC12. The average Bonchev–Trinajstić information content (AvgIpc) is 2.60. The molecule has 3 N–H and O–H groups in total. The van der Waals surface area contributed by atoms with E-state index in [-0.39, 0.29) is 17.7 Å². The summed E-state index contributed by atoms with van der Waals surface area (Å²) in [6, 6.07) is 7.78. The summed E-state index contributed by atoms with van der Waals surface area (Å²) in [6.07, 6.45) is 0.744. The van der Waals surface area contributed by atoms with Crippen molar-refractivity contribution < 1.29 is 9.90 Å². The summed E-state index contributed by atoms with van der Waals surface area (Å²) in [6.45, 7) is 1.86. The Balaban J connectivity index is 2.10. The van der Waals surface area contributed by atoms with Gasteiger partial charge in [0.15, 0.2) is 5.72 Å². The highest BCUT2D eigenvalue weighted by atomic mass is 16.3. The van der Waals surface area contributed by atoms with Crippen molar-refractivity contribution >= 4 is 5.91 Å². The summed E-state index contributed by atoms with van der Waals surface area (Å²) < 4.78 is 0. The van der Waals surface area contributed by atoms with Crippen LogP contribution in [-0.4, -0.2) is 11.0 Å². The van der Waals surface area contributed by atoms with E-state index in [4.69, 9.17) is 0 Å². The molecule has 1 amide bonds. The Labute approximate surface area is 93.6 Å². The second-order valence-electron chi connectivity index (χ2n) is 4.64. The first kappa shape index (κ1) is 9.81. The molecule has 1 heterocycles. The van der Waals surface area contributed by atoms with Gasteiger partial charge in [-0.05, 0) is 12.0 Å². The summed E-state index contributed by atoms with van der Waals surface area (Å²) in [5, 5.41) is 10.6. The highest BCUT2D eigenvalue weighted by molar-refractivity contribution is 5.79. The van der Waals surface area contributed by atoms with Crippen molar-refractivity contribution in [1.82, 2.24) is 10.9 Å². The van der Waals surface area contributed by atoms with Crippen LogP contribution in [0.4, 0.5) is 0 Å². The van der Waals surface area contributed by atoms with Crippen LogP contribution in [0.2, 0.25) is 0 Å². The fourth-order valence-electron chi connectivity index (χ4n) is 2.81. The van der Waals surface area contributed by atoms with E-state index in [1.165, 1.54) is 0 Å². The number of hydrogen-bond acceptors (Lipinski definition) is 3. The molecule has 0 aromatic heterocycles. The summed E-state index contributed by atoms with van der Waals surface area (Å²) >= 11 is 0. The first-order valence-electron chi connectivity index (χ1n) is 5.50. The largest absolute Gasteiger partial charge is 0.370 e. The van der Waals surface area contributed by atoms with Gasteiger partial charge in [-0.3, -0.25) is 10.2 Å². The number of nitrogens with one attached hydrogen (secondary N) is 2. The van der Waals surface area contributed by atoms with Gasteiger partial charge in [0.05, 0.1) is 0 Å². The van der Waals surface area contributed by atoms with Crippen LogP contribution in [0, 0.1) is 11.8 Å². The lowest BCUT2D eigenvalue weighted by Crippen LogP contribution is -2.63. The molecule has 0 radical (unpaired) electrons. The Morgan fingerprint density at radius 3 is 3.00 bits per heavy atom. The number of amides is 1. The topological polar surface area (TPSA) is 61.4 Å². The van der Waals surface area contributed by atoms with Crippen molar-refractivity contribution in [2.45, 2.75) is 19.1 Å². The second kappa shape index (κ2) is 3.06. The summed E-state index contributed by atoms with van der Waals surface area (Å²) in [5.74, 6) is -0.320. The van der Waals surface area contributed by atoms with Gasteiger partial charge in [-0.1, -0.05) is 31.2 Å². The third-order valence-corrected chi connectivity index (χ3v) is 3.80. The fraction of sp³-hybridized carbons (Fsp3) is 0.417. The molecule has 0 spiro atoms. The van der Waals surface area contributed by atoms with Crippen LogP contribution < -0.4 is 10.9 Å². The monoisotopic (exact) mass is 218 g/mol. The molecule has 1 saturated heterocycles. The Morgan fingerprint density at radius 1 is 1.44 bits per heavy atom. The molecule has 3 atom stereocenters. The van der Waals surface area contributed by atoms with E-state index in [0.29, 0.717) is 0 Å². The molecule has 4 heteroatoms. The maximum Gasteiger partial charge on any atom is 0.237 e. The van der Waals surface area contributed by atoms with Gasteiger partial charge in [-0.25, -0.2) is 0 Å². The van der Waals surface area contributed by atoms with E-state index < -0.39 is 5.72 Å². The van der Waals surface area contributed by atoms with Gasteiger partial charge in [0, 0.05) is 17.4 Å². The van der Waals surface area contributed by atoms with Crippen molar-refractivity contribution in [2.24, 2.45) is 11.8 Å². The highest BCUT2D eigenvalue weighted by Gasteiger charge is 2.52. The lowest BCUT2D eigenvalue weighted by molar-refractivity contribution is -0.151. The molecule has 1 aromatic rings. The molecule has 0 saturated carbocycles. The lowest BCUT2D eigenvalue weighted by Gasteiger charge is -2.39. The maximum absolute atomic E-state index is 11.5. The third kappa shape index (κ3) is 1.08. The van der Waals surface area contributed by atoms with Gasteiger partial charge in [0.25, 0.3) is 0 Å². The molecule has 1 aromatic carbocycles. The molecule has 1 fully saturated rings. The molecule has 84 valence electrons. The zero-order valence-corrected chi connectivity index (χ0v) is 9.03. The minimum Gasteiger partial charge on any atom is -0.370 e. The first-order valence-corrected chi connectivity index (χ1v) is 5.50. The normalized spacial score (nSPS) is 36.5. The van der Waals surface area contributed by atoms with Crippen LogP contribution in [0.25, 0.3) is 0 Å². The van der Waals surface area contributed by atoms with Crippen molar-refractivity contribution in [3.8, 4) is 0 Å². The number of rotatable bonds is 0. The molecule has 1 aliphatic carbocycles. The van der Waals surface area contributed by atoms with Crippen LogP contribution in [0.5, 0.6) is 0 Å². The molecule has 3 unspecified atom stereocenters. The number of carbonyl (C=O) groups is 1. The standard InChI is InChI=1S/C12H14N2O2/c1-7-10-6-8-4-2-3-5-9(8)12(10,16)14-13-11(7)15/h2-5,7,10,14,16H,6H2,1H3,(H,13,15). The summed E-state index contributed by atoms with van der Waals surface area (Å²) in [7, 11) is 0. The van der Waals surface area contributed by atoms with E-state index >= 15 is 0 Å². The van der Waals surface area contributed by atoms with Crippen molar-refractivity contribution in [3.63, 3.8) is 0 Å². The minimum atomic E-state index is -1.11. The molecular formula is C12H14N2O2. The third-order valence-electron chi connectivity index (χ3n) is 3.80.